The van der Waals surface area contributed by atoms with Crippen LogP contribution in [0.2, 0.25) is 0 Å². The fourth-order valence-corrected chi connectivity index (χ4v) is 3.61. The highest BCUT2D eigenvalue weighted by molar-refractivity contribution is 7.89. The molecule has 102 valence electrons. The van der Waals surface area contributed by atoms with Gasteiger partial charge in [0.1, 0.15) is 4.90 Å². The summed E-state index contributed by atoms with van der Waals surface area (Å²) >= 11 is 1.56. The van der Waals surface area contributed by atoms with Crippen LogP contribution in [0.4, 0.5) is 0 Å². The highest BCUT2D eigenvalue weighted by atomic mass is 32.2. The van der Waals surface area contributed by atoms with E-state index in [2.05, 4.69) is 9.71 Å². The molecule has 0 aliphatic heterocycles. The van der Waals surface area contributed by atoms with Crippen molar-refractivity contribution in [3.8, 4) is 0 Å². The number of thiophene rings is 1. The minimum atomic E-state index is -3.77. The molecule has 0 unspecified atom stereocenters. The van der Waals surface area contributed by atoms with Crippen LogP contribution >= 0.6 is 11.3 Å². The highest BCUT2D eigenvalue weighted by Gasteiger charge is 2.17. The normalized spacial score (nSPS) is 11.6. The molecule has 0 radical (unpaired) electrons. The number of pyridine rings is 1. The Morgan fingerprint density at radius 1 is 1.26 bits per heavy atom. The second-order valence-corrected chi connectivity index (χ2v) is 6.91. The van der Waals surface area contributed by atoms with Crippen molar-refractivity contribution in [1.29, 1.82) is 0 Å². The molecule has 0 aliphatic rings. The Morgan fingerprint density at radius 2 is 2.00 bits per heavy atom. The molecule has 2 aromatic heterocycles. The van der Waals surface area contributed by atoms with Crippen molar-refractivity contribution < 1.29 is 8.42 Å². The van der Waals surface area contributed by atoms with Crippen molar-refractivity contribution in [1.82, 2.24) is 9.71 Å². The molecule has 0 saturated heterocycles. The van der Waals surface area contributed by atoms with Gasteiger partial charge < -0.3 is 4.98 Å². The fraction of sp³-hybridized carbons (Fsp3) is 0.250. The summed E-state index contributed by atoms with van der Waals surface area (Å²) in [5.41, 5.74) is -0.522. The van der Waals surface area contributed by atoms with Crippen LogP contribution in [0.1, 0.15) is 16.7 Å². The predicted octanol–water partition coefficient (Wildman–Crippen LogP) is 1.48. The number of aryl methyl sites for hydroxylation is 1. The van der Waals surface area contributed by atoms with E-state index in [-0.39, 0.29) is 11.4 Å². The smallest absolute Gasteiger partial charge is 0.246 e. The summed E-state index contributed by atoms with van der Waals surface area (Å²) in [4.78, 5) is 16.0. The summed E-state index contributed by atoms with van der Waals surface area (Å²) in [7, 11) is -3.77. The minimum Gasteiger partial charge on any atom is -0.366 e. The van der Waals surface area contributed by atoms with E-state index < -0.39 is 15.5 Å². The average molecular weight is 298 g/mol. The van der Waals surface area contributed by atoms with Crippen molar-refractivity contribution in [2.24, 2.45) is 0 Å². The van der Waals surface area contributed by atoms with Crippen molar-refractivity contribution in [3.05, 3.63) is 50.6 Å². The third-order valence-electron chi connectivity index (χ3n) is 2.58. The molecule has 7 heteroatoms. The lowest BCUT2D eigenvalue weighted by Gasteiger charge is -2.04. The lowest BCUT2D eigenvalue weighted by molar-refractivity contribution is 0.580. The highest BCUT2D eigenvalue weighted by Crippen LogP contribution is 2.17. The van der Waals surface area contributed by atoms with E-state index in [9.17, 15) is 13.2 Å². The summed E-state index contributed by atoms with van der Waals surface area (Å²) in [6, 6.07) is 5.06. The Kier molecular flexibility index (Phi) is 4.18. The molecule has 2 heterocycles. The van der Waals surface area contributed by atoms with E-state index in [1.807, 2.05) is 19.1 Å². The van der Waals surface area contributed by atoms with Crippen LogP contribution in [-0.2, 0) is 23.0 Å². The zero-order valence-electron chi connectivity index (χ0n) is 10.3. The number of rotatable bonds is 5. The summed E-state index contributed by atoms with van der Waals surface area (Å²) in [6.45, 7) is 2.24. The Hall–Kier alpha value is -1.44. The maximum absolute atomic E-state index is 12.0. The molecule has 0 saturated carbocycles. The van der Waals surface area contributed by atoms with Gasteiger partial charge in [-0.15, -0.1) is 11.3 Å². The molecule has 0 aromatic carbocycles. The van der Waals surface area contributed by atoms with E-state index in [0.29, 0.717) is 0 Å². The maximum Gasteiger partial charge on any atom is 0.246 e. The number of aromatic amines is 1. The molecule has 0 bridgehead atoms. The van der Waals surface area contributed by atoms with E-state index in [1.165, 1.54) is 23.3 Å². The van der Waals surface area contributed by atoms with Gasteiger partial charge in [0.05, 0.1) is 0 Å². The Morgan fingerprint density at radius 3 is 2.63 bits per heavy atom. The Balaban J connectivity index is 2.14. The summed E-state index contributed by atoms with van der Waals surface area (Å²) in [5.74, 6) is 0. The Bertz CT molecular complexity index is 716. The van der Waals surface area contributed by atoms with Gasteiger partial charge in [-0.25, -0.2) is 13.1 Å². The van der Waals surface area contributed by atoms with Gasteiger partial charge in [0.2, 0.25) is 15.5 Å². The number of sulfonamides is 1. The van der Waals surface area contributed by atoms with Gasteiger partial charge in [0.25, 0.3) is 0 Å². The van der Waals surface area contributed by atoms with Gasteiger partial charge in [0.15, 0.2) is 0 Å². The average Bonchev–Trinajstić information content (AvgIpc) is 2.85. The third-order valence-corrected chi connectivity index (χ3v) is 5.23. The third kappa shape index (κ3) is 3.31. The molecule has 2 rings (SSSR count). The number of nitrogens with one attached hydrogen (secondary N) is 2. The molecule has 0 spiro atoms. The summed E-state index contributed by atoms with van der Waals surface area (Å²) in [5, 5.41) is 0. The molecule has 5 nitrogen and oxygen atoms in total. The zero-order chi connectivity index (χ0) is 13.9. The lowest BCUT2D eigenvalue weighted by atomic mass is 10.4. The summed E-state index contributed by atoms with van der Waals surface area (Å²) < 4.78 is 26.4. The molecular weight excluding hydrogens is 284 g/mol. The Labute approximate surface area is 115 Å². The second-order valence-electron chi connectivity index (χ2n) is 3.92. The van der Waals surface area contributed by atoms with E-state index in [0.717, 1.165) is 11.3 Å². The predicted molar refractivity (Wildman–Crippen MR) is 74.8 cm³/mol. The van der Waals surface area contributed by atoms with Crippen LogP contribution in [0, 0.1) is 0 Å². The molecule has 0 aliphatic carbocycles. The van der Waals surface area contributed by atoms with Crippen molar-refractivity contribution in [3.63, 3.8) is 0 Å². The van der Waals surface area contributed by atoms with Crippen LogP contribution in [0.25, 0.3) is 0 Å². The van der Waals surface area contributed by atoms with Crippen LogP contribution < -0.4 is 10.2 Å². The zero-order valence-corrected chi connectivity index (χ0v) is 12.0. The van der Waals surface area contributed by atoms with Gasteiger partial charge in [-0.1, -0.05) is 6.92 Å². The van der Waals surface area contributed by atoms with Gasteiger partial charge in [-0.05, 0) is 18.6 Å². The molecular formula is C12H14N2O3S2. The maximum atomic E-state index is 12.0. The first-order chi connectivity index (χ1) is 9.03. The topological polar surface area (TPSA) is 79.0 Å². The molecule has 0 amide bonds. The molecule has 2 aromatic rings. The van der Waals surface area contributed by atoms with Crippen molar-refractivity contribution in [2.45, 2.75) is 24.8 Å². The largest absolute Gasteiger partial charge is 0.366 e. The fourth-order valence-electron chi connectivity index (χ4n) is 1.56. The first-order valence-electron chi connectivity index (χ1n) is 5.77. The monoisotopic (exact) mass is 298 g/mol. The van der Waals surface area contributed by atoms with Crippen molar-refractivity contribution >= 4 is 21.4 Å². The van der Waals surface area contributed by atoms with E-state index in [4.69, 9.17) is 0 Å². The van der Waals surface area contributed by atoms with E-state index >= 15 is 0 Å². The van der Waals surface area contributed by atoms with Gasteiger partial charge >= 0.3 is 0 Å². The molecule has 19 heavy (non-hydrogen) atoms. The van der Waals surface area contributed by atoms with Crippen LogP contribution in [0.15, 0.2) is 40.3 Å². The van der Waals surface area contributed by atoms with Gasteiger partial charge in [-0.2, -0.15) is 0 Å². The molecule has 2 N–H and O–H groups in total. The van der Waals surface area contributed by atoms with Crippen LogP contribution in [0.5, 0.6) is 0 Å². The van der Waals surface area contributed by atoms with Crippen LogP contribution in [-0.4, -0.2) is 13.4 Å². The summed E-state index contributed by atoms with van der Waals surface area (Å²) in [6.07, 6.45) is 3.51. The number of hydrogen-bond donors (Lipinski definition) is 2. The van der Waals surface area contributed by atoms with Gasteiger partial charge in [0, 0.05) is 34.8 Å². The standard InChI is InChI=1S/C12H14N2O3S2/c1-2-9-3-4-10(18-9)7-14-19(16,17)12-8-13-6-5-11(12)15/h3-6,8,14H,2,7H2,1H3,(H,13,15). The van der Waals surface area contributed by atoms with Crippen molar-refractivity contribution in [2.75, 3.05) is 0 Å². The molecule has 0 fully saturated rings. The van der Waals surface area contributed by atoms with Crippen LogP contribution in [0.3, 0.4) is 0 Å². The minimum absolute atomic E-state index is 0.196. The first kappa shape index (κ1) is 14.0. The quantitative estimate of drug-likeness (QED) is 0.877. The van der Waals surface area contributed by atoms with Gasteiger partial charge in [-0.3, -0.25) is 4.79 Å². The second kappa shape index (κ2) is 5.68. The first-order valence-corrected chi connectivity index (χ1v) is 8.07. The number of aromatic nitrogens is 1. The number of hydrogen-bond acceptors (Lipinski definition) is 4. The SMILES string of the molecule is CCc1ccc(CNS(=O)(=O)c2c[nH]ccc2=O)s1. The molecule has 0 atom stereocenters. The van der Waals surface area contributed by atoms with E-state index in [1.54, 1.807) is 11.3 Å². The lowest BCUT2D eigenvalue weighted by Crippen LogP contribution is -2.27. The number of H-pyrrole nitrogens is 1.